The maximum atomic E-state index is 12.3. The normalized spacial score (nSPS) is 15.4. The third kappa shape index (κ3) is 5.08. The van der Waals surface area contributed by atoms with Crippen molar-refractivity contribution in [3.05, 3.63) is 59.7 Å². The fourth-order valence-electron chi connectivity index (χ4n) is 3.01. The summed E-state index contributed by atoms with van der Waals surface area (Å²) >= 11 is 0. The van der Waals surface area contributed by atoms with Crippen LogP contribution in [0, 0.1) is 5.92 Å². The number of ether oxygens (including phenoxy) is 2. The zero-order valence-electron chi connectivity index (χ0n) is 15.4. The number of benzene rings is 2. The van der Waals surface area contributed by atoms with Gasteiger partial charge in [0.1, 0.15) is 12.4 Å². The summed E-state index contributed by atoms with van der Waals surface area (Å²) in [5.41, 5.74) is 2.20. The maximum absolute atomic E-state index is 12.3. The molecule has 1 aliphatic rings. The van der Waals surface area contributed by atoms with Crippen LogP contribution < -0.4 is 15.4 Å². The van der Waals surface area contributed by atoms with Crippen molar-refractivity contribution < 1.29 is 19.1 Å². The predicted octanol–water partition coefficient (Wildman–Crippen LogP) is 2.64. The standard InChI is InChI=1S/C21H24N2O4/c1-26-11-5-10-22-20(24)17-12-16-13-18(8-9-19(16)27-14-17)23-21(25)15-6-3-2-4-7-15/h2-4,6-9,13,17H,5,10-12,14H2,1H3,(H,22,24)(H,23,25)/t17-/m1/s1. The van der Waals surface area contributed by atoms with Gasteiger partial charge >= 0.3 is 0 Å². The summed E-state index contributed by atoms with van der Waals surface area (Å²) in [6.07, 6.45) is 1.36. The van der Waals surface area contributed by atoms with Gasteiger partial charge in [-0.05, 0) is 48.7 Å². The Morgan fingerprint density at radius 2 is 2.00 bits per heavy atom. The number of anilines is 1. The summed E-state index contributed by atoms with van der Waals surface area (Å²) in [6, 6.07) is 14.6. The van der Waals surface area contributed by atoms with Crippen molar-refractivity contribution in [2.45, 2.75) is 12.8 Å². The van der Waals surface area contributed by atoms with Crippen molar-refractivity contribution in [2.75, 3.05) is 32.2 Å². The van der Waals surface area contributed by atoms with Gasteiger partial charge in [0.2, 0.25) is 5.91 Å². The van der Waals surface area contributed by atoms with Gasteiger partial charge in [-0.25, -0.2) is 0 Å². The molecule has 1 heterocycles. The van der Waals surface area contributed by atoms with Crippen LogP contribution in [0.1, 0.15) is 22.3 Å². The van der Waals surface area contributed by atoms with Gasteiger partial charge in [0.05, 0.1) is 5.92 Å². The Kier molecular flexibility index (Phi) is 6.44. The number of amides is 2. The Bertz CT molecular complexity index is 792. The number of hydrogen-bond acceptors (Lipinski definition) is 4. The number of nitrogens with one attached hydrogen (secondary N) is 2. The molecule has 0 saturated heterocycles. The second-order valence-electron chi connectivity index (χ2n) is 6.49. The first-order valence-electron chi connectivity index (χ1n) is 9.06. The molecular formula is C21H24N2O4. The highest BCUT2D eigenvalue weighted by atomic mass is 16.5. The highest BCUT2D eigenvalue weighted by Crippen LogP contribution is 2.30. The first-order valence-corrected chi connectivity index (χ1v) is 9.06. The van der Waals surface area contributed by atoms with E-state index in [4.69, 9.17) is 9.47 Å². The molecule has 6 heteroatoms. The van der Waals surface area contributed by atoms with E-state index in [2.05, 4.69) is 10.6 Å². The number of carbonyl (C=O) groups is 2. The molecule has 0 bridgehead atoms. The average molecular weight is 368 g/mol. The maximum Gasteiger partial charge on any atom is 0.255 e. The van der Waals surface area contributed by atoms with Crippen molar-refractivity contribution in [3.8, 4) is 5.75 Å². The molecule has 2 aromatic carbocycles. The third-order valence-corrected chi connectivity index (χ3v) is 4.46. The number of carbonyl (C=O) groups excluding carboxylic acids is 2. The van der Waals surface area contributed by atoms with Gasteiger partial charge in [-0.3, -0.25) is 9.59 Å². The topological polar surface area (TPSA) is 76.7 Å². The minimum atomic E-state index is -0.236. The minimum absolute atomic E-state index is 0.0181. The van der Waals surface area contributed by atoms with Crippen molar-refractivity contribution in [1.29, 1.82) is 0 Å². The molecule has 0 aromatic heterocycles. The molecule has 2 N–H and O–H groups in total. The number of methoxy groups -OCH3 is 1. The van der Waals surface area contributed by atoms with Crippen molar-refractivity contribution in [2.24, 2.45) is 5.92 Å². The first kappa shape index (κ1) is 18.9. The average Bonchev–Trinajstić information content (AvgIpc) is 2.71. The number of hydrogen-bond donors (Lipinski definition) is 2. The summed E-state index contributed by atoms with van der Waals surface area (Å²) in [5, 5.41) is 5.81. The molecule has 3 rings (SSSR count). The molecule has 0 radical (unpaired) electrons. The number of rotatable bonds is 7. The van der Waals surface area contributed by atoms with E-state index in [1.807, 2.05) is 36.4 Å². The predicted molar refractivity (Wildman–Crippen MR) is 103 cm³/mol. The summed E-state index contributed by atoms with van der Waals surface area (Å²) in [6.45, 7) is 1.57. The van der Waals surface area contributed by atoms with E-state index in [1.165, 1.54) is 0 Å². The van der Waals surface area contributed by atoms with Crippen LogP contribution in [-0.2, 0) is 16.0 Å². The van der Waals surface area contributed by atoms with Gasteiger partial charge < -0.3 is 20.1 Å². The van der Waals surface area contributed by atoms with E-state index in [9.17, 15) is 9.59 Å². The van der Waals surface area contributed by atoms with Crippen LogP contribution in [0.25, 0.3) is 0 Å². The quantitative estimate of drug-likeness (QED) is 0.737. The van der Waals surface area contributed by atoms with Crippen molar-refractivity contribution in [3.63, 3.8) is 0 Å². The lowest BCUT2D eigenvalue weighted by molar-refractivity contribution is -0.126. The molecule has 2 aromatic rings. The molecule has 142 valence electrons. The Hall–Kier alpha value is -2.86. The lowest BCUT2D eigenvalue weighted by Crippen LogP contribution is -2.38. The molecular weight excluding hydrogens is 344 g/mol. The van der Waals surface area contributed by atoms with E-state index in [-0.39, 0.29) is 17.7 Å². The van der Waals surface area contributed by atoms with Crippen molar-refractivity contribution >= 4 is 17.5 Å². The van der Waals surface area contributed by atoms with Crippen LogP contribution in [0.3, 0.4) is 0 Å². The Morgan fingerprint density at radius 1 is 1.19 bits per heavy atom. The van der Waals surface area contributed by atoms with Crippen molar-refractivity contribution in [1.82, 2.24) is 5.32 Å². The molecule has 1 atom stereocenters. The molecule has 0 aliphatic carbocycles. The molecule has 2 amide bonds. The second kappa shape index (κ2) is 9.19. The summed E-state index contributed by atoms with van der Waals surface area (Å²) < 4.78 is 10.7. The summed E-state index contributed by atoms with van der Waals surface area (Å²) in [7, 11) is 1.64. The zero-order chi connectivity index (χ0) is 19.1. The van der Waals surface area contributed by atoms with E-state index >= 15 is 0 Å². The van der Waals surface area contributed by atoms with E-state index in [0.717, 1.165) is 17.7 Å². The van der Waals surface area contributed by atoms with E-state index in [0.29, 0.717) is 37.4 Å². The van der Waals surface area contributed by atoms with Gasteiger partial charge in [-0.2, -0.15) is 0 Å². The highest BCUT2D eigenvalue weighted by molar-refractivity contribution is 6.04. The van der Waals surface area contributed by atoms with Crippen LogP contribution in [0.15, 0.2) is 48.5 Å². The largest absolute Gasteiger partial charge is 0.492 e. The highest BCUT2D eigenvalue weighted by Gasteiger charge is 2.26. The molecule has 0 unspecified atom stereocenters. The van der Waals surface area contributed by atoms with Gasteiger partial charge in [0, 0.05) is 31.5 Å². The fraction of sp³-hybridized carbons (Fsp3) is 0.333. The second-order valence-corrected chi connectivity index (χ2v) is 6.49. The molecule has 0 spiro atoms. The molecule has 0 fully saturated rings. The summed E-state index contributed by atoms with van der Waals surface area (Å²) in [5.74, 6) is 0.339. The minimum Gasteiger partial charge on any atom is -0.492 e. The molecule has 27 heavy (non-hydrogen) atoms. The Balaban J connectivity index is 1.61. The summed E-state index contributed by atoms with van der Waals surface area (Å²) in [4.78, 5) is 24.6. The van der Waals surface area contributed by atoms with Gasteiger partial charge in [-0.1, -0.05) is 18.2 Å². The fourth-order valence-corrected chi connectivity index (χ4v) is 3.01. The van der Waals surface area contributed by atoms with E-state index < -0.39 is 0 Å². The SMILES string of the molecule is COCCCNC(=O)[C@H]1COc2ccc(NC(=O)c3ccccc3)cc2C1. The first-order chi connectivity index (χ1) is 13.2. The van der Waals surface area contributed by atoms with Crippen LogP contribution in [0.4, 0.5) is 5.69 Å². The lowest BCUT2D eigenvalue weighted by atomic mass is 9.95. The Morgan fingerprint density at radius 3 is 2.78 bits per heavy atom. The smallest absolute Gasteiger partial charge is 0.255 e. The molecule has 6 nitrogen and oxygen atoms in total. The Labute approximate surface area is 158 Å². The molecule has 1 aliphatic heterocycles. The van der Waals surface area contributed by atoms with Crippen LogP contribution in [0.2, 0.25) is 0 Å². The van der Waals surface area contributed by atoms with Crippen LogP contribution in [0.5, 0.6) is 5.75 Å². The van der Waals surface area contributed by atoms with E-state index in [1.54, 1.807) is 19.2 Å². The number of fused-ring (bicyclic) bond motifs is 1. The lowest BCUT2D eigenvalue weighted by Gasteiger charge is -2.25. The van der Waals surface area contributed by atoms with Crippen LogP contribution in [-0.4, -0.2) is 38.7 Å². The van der Waals surface area contributed by atoms with Gasteiger partial charge in [0.25, 0.3) is 5.91 Å². The monoisotopic (exact) mass is 368 g/mol. The van der Waals surface area contributed by atoms with Gasteiger partial charge in [0.15, 0.2) is 0 Å². The zero-order valence-corrected chi connectivity index (χ0v) is 15.4. The third-order valence-electron chi connectivity index (χ3n) is 4.46. The van der Waals surface area contributed by atoms with Crippen LogP contribution >= 0.6 is 0 Å². The van der Waals surface area contributed by atoms with Gasteiger partial charge in [-0.15, -0.1) is 0 Å². The molecule has 0 saturated carbocycles.